The molecule has 0 radical (unpaired) electrons. The number of rotatable bonds is 5. The van der Waals surface area contributed by atoms with Crippen LogP contribution in [0.4, 0.5) is 10.1 Å². The molecule has 0 bridgehead atoms. The highest BCUT2D eigenvalue weighted by Crippen LogP contribution is 2.20. The molecule has 0 saturated heterocycles. The van der Waals surface area contributed by atoms with Crippen molar-refractivity contribution in [2.45, 2.75) is 20.0 Å². The first-order valence-corrected chi connectivity index (χ1v) is 8.54. The molecule has 0 aliphatic carbocycles. The highest BCUT2D eigenvalue weighted by atomic mass is 79.9. The second-order valence-corrected chi connectivity index (χ2v) is 6.70. The lowest BCUT2D eigenvalue weighted by Crippen LogP contribution is -2.18. The molecule has 0 aliphatic heterocycles. The van der Waals surface area contributed by atoms with Crippen molar-refractivity contribution < 1.29 is 9.18 Å². The van der Waals surface area contributed by atoms with E-state index in [9.17, 15) is 9.18 Å². The predicted octanol–water partition coefficient (Wildman–Crippen LogP) is 3.63. The smallest absolute Gasteiger partial charge is 0.246 e. The average Bonchev–Trinajstić information content (AvgIpc) is 3.10. The summed E-state index contributed by atoms with van der Waals surface area (Å²) >= 11 is 9.36. The first-order chi connectivity index (χ1) is 11.9. The third-order valence-electron chi connectivity index (χ3n) is 3.49. The minimum atomic E-state index is -0.395. The van der Waals surface area contributed by atoms with Crippen molar-refractivity contribution in [3.63, 3.8) is 0 Å². The van der Waals surface area contributed by atoms with E-state index in [1.165, 1.54) is 21.6 Å². The third kappa shape index (κ3) is 4.26. The molecule has 2 heterocycles. The summed E-state index contributed by atoms with van der Waals surface area (Å²) in [5, 5.41) is 11.4. The van der Waals surface area contributed by atoms with Gasteiger partial charge in [0.25, 0.3) is 0 Å². The van der Waals surface area contributed by atoms with Crippen LogP contribution in [-0.2, 0) is 17.9 Å². The number of aromatic nitrogens is 4. The van der Waals surface area contributed by atoms with E-state index in [0.717, 1.165) is 10.2 Å². The topological polar surface area (TPSA) is 64.7 Å². The lowest BCUT2D eigenvalue weighted by Gasteiger charge is -2.06. The van der Waals surface area contributed by atoms with E-state index in [1.807, 2.05) is 6.92 Å². The molecule has 3 rings (SSSR count). The van der Waals surface area contributed by atoms with Crippen LogP contribution in [0.3, 0.4) is 0 Å². The van der Waals surface area contributed by atoms with Crippen molar-refractivity contribution in [3.8, 4) is 0 Å². The molecule has 1 aromatic carbocycles. The summed E-state index contributed by atoms with van der Waals surface area (Å²) in [4.78, 5) is 12.1. The number of hydrogen-bond donors (Lipinski definition) is 1. The van der Waals surface area contributed by atoms with Crippen LogP contribution in [0.5, 0.6) is 0 Å². The minimum Gasteiger partial charge on any atom is -0.322 e. The molecule has 9 heteroatoms. The second-order valence-electron chi connectivity index (χ2n) is 5.44. The van der Waals surface area contributed by atoms with Gasteiger partial charge < -0.3 is 5.32 Å². The third-order valence-corrected chi connectivity index (χ3v) is 4.62. The maximum absolute atomic E-state index is 13.8. The van der Waals surface area contributed by atoms with E-state index < -0.39 is 5.82 Å². The number of hydrogen-bond acceptors (Lipinski definition) is 3. The van der Waals surface area contributed by atoms with E-state index in [4.69, 9.17) is 11.6 Å². The summed E-state index contributed by atoms with van der Waals surface area (Å²) < 4.78 is 17.7. The molecular weight excluding hydrogens is 413 g/mol. The van der Waals surface area contributed by atoms with Crippen LogP contribution in [0.15, 0.2) is 41.3 Å². The molecule has 25 heavy (non-hydrogen) atoms. The van der Waals surface area contributed by atoms with Gasteiger partial charge in [0.1, 0.15) is 12.4 Å². The van der Waals surface area contributed by atoms with Crippen molar-refractivity contribution in [2.24, 2.45) is 0 Å². The van der Waals surface area contributed by atoms with E-state index >= 15 is 0 Å². The number of amides is 1. The lowest BCUT2D eigenvalue weighted by molar-refractivity contribution is -0.116. The Morgan fingerprint density at radius 2 is 2.16 bits per heavy atom. The Morgan fingerprint density at radius 3 is 2.84 bits per heavy atom. The number of aryl methyl sites for hydroxylation is 1. The van der Waals surface area contributed by atoms with E-state index in [2.05, 4.69) is 31.4 Å². The largest absolute Gasteiger partial charge is 0.322 e. The van der Waals surface area contributed by atoms with Gasteiger partial charge in [-0.05, 0) is 35.0 Å². The first kappa shape index (κ1) is 17.6. The fourth-order valence-electron chi connectivity index (χ4n) is 2.28. The number of nitrogens with one attached hydrogen (secondary N) is 1. The molecule has 130 valence electrons. The zero-order valence-corrected chi connectivity index (χ0v) is 15.6. The number of anilines is 1. The fraction of sp³-hybridized carbons (Fsp3) is 0.188. The summed E-state index contributed by atoms with van der Waals surface area (Å²) in [6, 6.07) is 4.51. The van der Waals surface area contributed by atoms with Gasteiger partial charge in [0.15, 0.2) is 0 Å². The summed E-state index contributed by atoms with van der Waals surface area (Å²) in [7, 11) is 0. The molecule has 2 aromatic heterocycles. The van der Waals surface area contributed by atoms with Crippen LogP contribution in [0.2, 0.25) is 5.02 Å². The summed E-state index contributed by atoms with van der Waals surface area (Å²) in [6.45, 7) is 2.10. The lowest BCUT2D eigenvalue weighted by atomic mass is 10.2. The van der Waals surface area contributed by atoms with Crippen molar-refractivity contribution in [3.05, 3.63) is 63.4 Å². The molecular formula is C16H14BrClFN5O. The predicted molar refractivity (Wildman–Crippen MR) is 96.0 cm³/mol. The van der Waals surface area contributed by atoms with Gasteiger partial charge in [0, 0.05) is 23.0 Å². The van der Waals surface area contributed by atoms with Crippen molar-refractivity contribution in [1.29, 1.82) is 0 Å². The van der Waals surface area contributed by atoms with E-state index in [1.54, 1.807) is 24.5 Å². The van der Waals surface area contributed by atoms with Crippen LogP contribution in [0.1, 0.15) is 11.3 Å². The zero-order chi connectivity index (χ0) is 18.0. The zero-order valence-electron chi connectivity index (χ0n) is 13.2. The quantitative estimate of drug-likeness (QED) is 0.677. The van der Waals surface area contributed by atoms with E-state index in [-0.39, 0.29) is 19.0 Å². The second kappa shape index (κ2) is 7.37. The Bertz CT molecular complexity index is 883. The Hall–Kier alpha value is -2.19. The Morgan fingerprint density at radius 1 is 1.36 bits per heavy atom. The monoisotopic (exact) mass is 425 g/mol. The highest BCUT2D eigenvalue weighted by Gasteiger charge is 2.11. The summed E-state index contributed by atoms with van der Waals surface area (Å²) in [5.41, 5.74) is 1.67. The molecule has 0 spiro atoms. The molecule has 1 N–H and O–H groups in total. The SMILES string of the molecule is Cc1nn(CC(=O)Nc2cnn(Cc3c(F)cccc3Cl)c2)cc1Br. The van der Waals surface area contributed by atoms with Gasteiger partial charge >= 0.3 is 0 Å². The van der Waals surface area contributed by atoms with Crippen LogP contribution in [0.25, 0.3) is 0 Å². The van der Waals surface area contributed by atoms with Gasteiger partial charge in [-0.2, -0.15) is 10.2 Å². The normalized spacial score (nSPS) is 10.9. The number of benzene rings is 1. The maximum atomic E-state index is 13.8. The molecule has 3 aromatic rings. The average molecular weight is 427 g/mol. The van der Waals surface area contributed by atoms with Gasteiger partial charge in [-0.3, -0.25) is 14.2 Å². The van der Waals surface area contributed by atoms with Gasteiger partial charge in [0.05, 0.1) is 28.6 Å². The highest BCUT2D eigenvalue weighted by molar-refractivity contribution is 9.10. The molecule has 0 aliphatic rings. The van der Waals surface area contributed by atoms with E-state index in [0.29, 0.717) is 16.3 Å². The van der Waals surface area contributed by atoms with Gasteiger partial charge in [-0.15, -0.1) is 0 Å². The first-order valence-electron chi connectivity index (χ1n) is 7.37. The molecule has 0 atom stereocenters. The van der Waals surface area contributed by atoms with Crippen molar-refractivity contribution >= 4 is 39.1 Å². The standard InChI is InChI=1S/C16H14BrClFN5O/c1-10-13(17)8-24(22-10)9-16(25)21-11-5-20-23(6-11)7-12-14(18)3-2-4-15(12)19/h2-6,8H,7,9H2,1H3,(H,21,25). The van der Waals surface area contributed by atoms with Crippen molar-refractivity contribution in [2.75, 3.05) is 5.32 Å². The van der Waals surface area contributed by atoms with Crippen LogP contribution < -0.4 is 5.32 Å². The minimum absolute atomic E-state index is 0.0801. The molecule has 0 unspecified atom stereocenters. The number of carbonyl (C=O) groups is 1. The Balaban J connectivity index is 1.64. The van der Waals surface area contributed by atoms with Gasteiger partial charge in [-0.1, -0.05) is 17.7 Å². The maximum Gasteiger partial charge on any atom is 0.246 e. The number of halogens is 3. The van der Waals surface area contributed by atoms with Gasteiger partial charge in [-0.25, -0.2) is 4.39 Å². The fourth-order valence-corrected chi connectivity index (χ4v) is 2.82. The molecule has 6 nitrogen and oxygen atoms in total. The van der Waals surface area contributed by atoms with Crippen LogP contribution in [0, 0.1) is 12.7 Å². The van der Waals surface area contributed by atoms with Crippen LogP contribution >= 0.6 is 27.5 Å². The van der Waals surface area contributed by atoms with Crippen molar-refractivity contribution in [1.82, 2.24) is 19.6 Å². The summed E-state index contributed by atoms with van der Waals surface area (Å²) in [6.07, 6.45) is 4.85. The van der Waals surface area contributed by atoms with Crippen LogP contribution in [-0.4, -0.2) is 25.5 Å². The molecule has 0 fully saturated rings. The number of carbonyl (C=O) groups excluding carboxylic acids is 1. The summed E-state index contributed by atoms with van der Waals surface area (Å²) in [5.74, 6) is -0.633. The van der Waals surface area contributed by atoms with Gasteiger partial charge in [0.2, 0.25) is 5.91 Å². The molecule has 1 amide bonds. The Kier molecular flexibility index (Phi) is 5.19. The molecule has 0 saturated carbocycles. The number of nitrogens with zero attached hydrogens (tertiary/aromatic N) is 4. The Labute approximate surface area is 156 Å².